The van der Waals surface area contributed by atoms with Crippen LogP contribution < -0.4 is 0 Å². The molecule has 0 fully saturated rings. The number of hydrogen-bond donors (Lipinski definition) is 0. The summed E-state index contributed by atoms with van der Waals surface area (Å²) in [5.41, 5.74) is 0.683. The molecule has 0 aliphatic carbocycles. The van der Waals surface area contributed by atoms with Gasteiger partial charge in [-0.15, -0.1) is 11.8 Å². The van der Waals surface area contributed by atoms with Crippen LogP contribution in [0.3, 0.4) is 0 Å². The van der Waals surface area contributed by atoms with E-state index >= 15 is 0 Å². The Bertz CT molecular complexity index is 384. The molecule has 0 aliphatic heterocycles. The second-order valence-electron chi connectivity index (χ2n) is 3.59. The van der Waals surface area contributed by atoms with Gasteiger partial charge in [0.15, 0.2) is 5.78 Å². The Kier molecular flexibility index (Phi) is 5.77. The standard InChI is InChI=1S/C13H16O3S/c1-3-8-16-13(15)9-17-12-6-4-11(5-7-12)10(2)14/h4-7H,3,8-9H2,1-2H3. The minimum atomic E-state index is -0.201. The van der Waals surface area contributed by atoms with Gasteiger partial charge in [0, 0.05) is 10.5 Å². The van der Waals surface area contributed by atoms with E-state index in [1.54, 1.807) is 12.1 Å². The number of Topliss-reactive ketones (excluding diaryl/α,β-unsaturated/α-hetero) is 1. The molecule has 0 aliphatic rings. The molecule has 0 saturated heterocycles. The van der Waals surface area contributed by atoms with Crippen LogP contribution in [0.2, 0.25) is 0 Å². The van der Waals surface area contributed by atoms with E-state index in [0.29, 0.717) is 17.9 Å². The van der Waals surface area contributed by atoms with Gasteiger partial charge >= 0.3 is 5.97 Å². The number of thioether (sulfide) groups is 1. The molecule has 4 heteroatoms. The molecule has 0 unspecified atom stereocenters. The van der Waals surface area contributed by atoms with Crippen molar-refractivity contribution in [3.05, 3.63) is 29.8 Å². The van der Waals surface area contributed by atoms with Crippen molar-refractivity contribution in [2.75, 3.05) is 12.4 Å². The molecule has 3 nitrogen and oxygen atoms in total. The summed E-state index contributed by atoms with van der Waals surface area (Å²) in [7, 11) is 0. The molecule has 0 saturated carbocycles. The molecule has 1 aromatic rings. The van der Waals surface area contributed by atoms with Gasteiger partial charge in [0.1, 0.15) is 0 Å². The predicted octanol–water partition coefficient (Wildman–Crippen LogP) is 2.93. The molecule has 92 valence electrons. The van der Waals surface area contributed by atoms with Crippen molar-refractivity contribution in [3.63, 3.8) is 0 Å². The Morgan fingerprint density at radius 3 is 2.41 bits per heavy atom. The molecule has 0 N–H and O–H groups in total. The maximum atomic E-state index is 11.3. The number of hydrogen-bond acceptors (Lipinski definition) is 4. The molecular weight excluding hydrogens is 236 g/mol. The topological polar surface area (TPSA) is 43.4 Å². The molecule has 0 spiro atoms. The van der Waals surface area contributed by atoms with Gasteiger partial charge in [0.25, 0.3) is 0 Å². The Morgan fingerprint density at radius 1 is 1.24 bits per heavy atom. The first-order valence-corrected chi connectivity index (χ1v) is 6.51. The largest absolute Gasteiger partial charge is 0.465 e. The first-order chi connectivity index (χ1) is 8.13. The van der Waals surface area contributed by atoms with Gasteiger partial charge in [-0.1, -0.05) is 19.1 Å². The van der Waals surface area contributed by atoms with Crippen molar-refractivity contribution in [2.24, 2.45) is 0 Å². The van der Waals surface area contributed by atoms with Crippen LogP contribution in [0, 0.1) is 0 Å². The molecule has 0 aromatic heterocycles. The SMILES string of the molecule is CCCOC(=O)CSc1ccc(C(C)=O)cc1. The molecule has 0 radical (unpaired) electrons. The number of benzene rings is 1. The van der Waals surface area contributed by atoms with Crippen molar-refractivity contribution in [1.29, 1.82) is 0 Å². The third-order valence-electron chi connectivity index (χ3n) is 2.08. The molecule has 0 atom stereocenters. The number of esters is 1. The summed E-state index contributed by atoms with van der Waals surface area (Å²) >= 11 is 1.41. The normalized spacial score (nSPS) is 10.0. The summed E-state index contributed by atoms with van der Waals surface area (Å²) in [6, 6.07) is 7.22. The lowest BCUT2D eigenvalue weighted by Crippen LogP contribution is -2.07. The highest BCUT2D eigenvalue weighted by molar-refractivity contribution is 8.00. The van der Waals surface area contributed by atoms with Gasteiger partial charge in [-0.05, 0) is 25.5 Å². The maximum Gasteiger partial charge on any atom is 0.316 e. The second kappa shape index (κ2) is 7.12. The fourth-order valence-electron chi connectivity index (χ4n) is 1.19. The van der Waals surface area contributed by atoms with Gasteiger partial charge in [0.2, 0.25) is 0 Å². The molecule has 17 heavy (non-hydrogen) atoms. The van der Waals surface area contributed by atoms with E-state index in [9.17, 15) is 9.59 Å². The number of rotatable bonds is 6. The maximum absolute atomic E-state index is 11.3. The van der Waals surface area contributed by atoms with Gasteiger partial charge in [0.05, 0.1) is 12.4 Å². The zero-order chi connectivity index (χ0) is 12.7. The van der Waals surface area contributed by atoms with Crippen LogP contribution in [-0.4, -0.2) is 24.1 Å². The lowest BCUT2D eigenvalue weighted by atomic mass is 10.2. The fraction of sp³-hybridized carbons (Fsp3) is 0.385. The summed E-state index contributed by atoms with van der Waals surface area (Å²) in [5.74, 6) is 0.149. The average Bonchev–Trinajstić information content (AvgIpc) is 2.34. The average molecular weight is 252 g/mol. The molecule has 1 aromatic carbocycles. The van der Waals surface area contributed by atoms with Crippen LogP contribution in [0.5, 0.6) is 0 Å². The monoisotopic (exact) mass is 252 g/mol. The zero-order valence-electron chi connectivity index (χ0n) is 10.1. The number of carbonyl (C=O) groups is 2. The molecule has 0 bridgehead atoms. The van der Waals surface area contributed by atoms with E-state index in [2.05, 4.69) is 0 Å². The minimum Gasteiger partial charge on any atom is -0.465 e. The van der Waals surface area contributed by atoms with E-state index in [0.717, 1.165) is 11.3 Å². The fourth-order valence-corrected chi connectivity index (χ4v) is 1.88. The first-order valence-electron chi connectivity index (χ1n) is 5.53. The summed E-state index contributed by atoms with van der Waals surface area (Å²) in [5, 5.41) is 0. The minimum absolute atomic E-state index is 0.0453. The van der Waals surface area contributed by atoms with E-state index in [1.807, 2.05) is 19.1 Å². The highest BCUT2D eigenvalue weighted by Gasteiger charge is 2.04. The summed E-state index contributed by atoms with van der Waals surface area (Å²) in [6.07, 6.45) is 0.837. The summed E-state index contributed by atoms with van der Waals surface area (Å²) in [6.45, 7) is 3.97. The Labute approximate surface area is 106 Å². The van der Waals surface area contributed by atoms with Crippen LogP contribution in [-0.2, 0) is 9.53 Å². The van der Waals surface area contributed by atoms with E-state index in [-0.39, 0.29) is 11.8 Å². The van der Waals surface area contributed by atoms with E-state index in [1.165, 1.54) is 18.7 Å². The highest BCUT2D eigenvalue weighted by Crippen LogP contribution is 2.18. The lowest BCUT2D eigenvalue weighted by Gasteiger charge is -2.03. The number of ketones is 1. The van der Waals surface area contributed by atoms with Crippen molar-refractivity contribution in [3.8, 4) is 0 Å². The third kappa shape index (κ3) is 5.04. The number of carbonyl (C=O) groups excluding carboxylic acids is 2. The Balaban J connectivity index is 2.42. The quantitative estimate of drug-likeness (QED) is 0.443. The van der Waals surface area contributed by atoms with Crippen molar-refractivity contribution < 1.29 is 14.3 Å². The van der Waals surface area contributed by atoms with Gasteiger partial charge in [-0.3, -0.25) is 9.59 Å². The smallest absolute Gasteiger partial charge is 0.316 e. The Hall–Kier alpha value is -1.29. The predicted molar refractivity (Wildman–Crippen MR) is 68.4 cm³/mol. The zero-order valence-corrected chi connectivity index (χ0v) is 10.9. The second-order valence-corrected chi connectivity index (χ2v) is 4.64. The first kappa shape index (κ1) is 13.8. The third-order valence-corrected chi connectivity index (χ3v) is 3.07. The van der Waals surface area contributed by atoms with Gasteiger partial charge in [-0.25, -0.2) is 0 Å². The van der Waals surface area contributed by atoms with Crippen LogP contribution in [0.15, 0.2) is 29.2 Å². The van der Waals surface area contributed by atoms with Crippen LogP contribution in [0.4, 0.5) is 0 Å². The van der Waals surface area contributed by atoms with Crippen LogP contribution in [0.1, 0.15) is 30.6 Å². The van der Waals surface area contributed by atoms with Crippen molar-refractivity contribution in [2.45, 2.75) is 25.2 Å². The van der Waals surface area contributed by atoms with Crippen molar-refractivity contribution in [1.82, 2.24) is 0 Å². The summed E-state index contributed by atoms with van der Waals surface area (Å²) in [4.78, 5) is 23.3. The van der Waals surface area contributed by atoms with E-state index in [4.69, 9.17) is 4.74 Å². The molecular formula is C13H16O3S. The molecule has 0 heterocycles. The van der Waals surface area contributed by atoms with Gasteiger partial charge in [-0.2, -0.15) is 0 Å². The van der Waals surface area contributed by atoms with Crippen LogP contribution in [0.25, 0.3) is 0 Å². The molecule has 1 rings (SSSR count). The Morgan fingerprint density at radius 2 is 1.88 bits per heavy atom. The number of ether oxygens (including phenoxy) is 1. The highest BCUT2D eigenvalue weighted by atomic mass is 32.2. The van der Waals surface area contributed by atoms with Crippen LogP contribution >= 0.6 is 11.8 Å². The summed E-state index contributed by atoms with van der Waals surface area (Å²) < 4.78 is 4.96. The van der Waals surface area contributed by atoms with Crippen molar-refractivity contribution >= 4 is 23.5 Å². The molecule has 0 amide bonds. The lowest BCUT2D eigenvalue weighted by molar-refractivity contribution is -0.140. The van der Waals surface area contributed by atoms with E-state index < -0.39 is 0 Å². The van der Waals surface area contributed by atoms with Gasteiger partial charge < -0.3 is 4.74 Å².